The lowest BCUT2D eigenvalue weighted by Crippen LogP contribution is -1.91. The molecule has 0 atom stereocenters. The van der Waals surface area contributed by atoms with Gasteiger partial charge in [0.2, 0.25) is 0 Å². The number of hydrogen-bond donors (Lipinski definition) is 1. The molecule has 12 heavy (non-hydrogen) atoms. The van der Waals surface area contributed by atoms with Crippen LogP contribution in [0.3, 0.4) is 0 Å². The first-order chi connectivity index (χ1) is 5.70. The number of anilines is 1. The van der Waals surface area contributed by atoms with Crippen molar-refractivity contribution in [2.24, 2.45) is 4.36 Å². The van der Waals surface area contributed by atoms with Gasteiger partial charge in [-0.05, 0) is 28.1 Å². The molecule has 0 aliphatic heterocycles. The Hall–Kier alpha value is -0.810. The van der Waals surface area contributed by atoms with E-state index in [0.717, 1.165) is 0 Å². The van der Waals surface area contributed by atoms with E-state index in [2.05, 4.69) is 32.7 Å². The van der Waals surface area contributed by atoms with Crippen molar-refractivity contribution in [3.8, 4) is 0 Å². The molecular formula is C7H5BrN2OS. The van der Waals surface area contributed by atoms with Gasteiger partial charge in [0, 0.05) is 22.5 Å². The molecule has 0 saturated heterocycles. The second-order valence-corrected chi connectivity index (χ2v) is 3.14. The fraction of sp³-hybridized carbons (Fsp3) is 0. The van der Waals surface area contributed by atoms with Crippen molar-refractivity contribution in [2.75, 3.05) is 5.73 Å². The summed E-state index contributed by atoms with van der Waals surface area (Å²) in [7, 11) is 0. The van der Waals surface area contributed by atoms with Crippen LogP contribution in [0.5, 0.6) is 0 Å². The Balaban J connectivity index is 3.45. The van der Waals surface area contributed by atoms with Crippen LogP contribution in [0, 0.1) is 0 Å². The number of rotatable bonds is 2. The maximum absolute atomic E-state index is 10.5. The molecule has 0 radical (unpaired) electrons. The Kier molecular flexibility index (Phi) is 2.88. The van der Waals surface area contributed by atoms with Gasteiger partial charge in [0.05, 0.1) is 5.69 Å². The van der Waals surface area contributed by atoms with E-state index in [1.54, 1.807) is 12.1 Å². The minimum atomic E-state index is 0.356. The molecule has 0 spiro atoms. The quantitative estimate of drug-likeness (QED) is 0.641. The van der Waals surface area contributed by atoms with Gasteiger partial charge in [0.1, 0.15) is 5.69 Å². The van der Waals surface area contributed by atoms with Gasteiger partial charge in [0.25, 0.3) is 0 Å². The topological polar surface area (TPSA) is 55.5 Å². The molecular weight excluding hydrogens is 240 g/mol. The zero-order valence-electron chi connectivity index (χ0n) is 5.95. The molecule has 0 bridgehead atoms. The molecule has 1 aromatic carbocycles. The predicted molar refractivity (Wildman–Crippen MR) is 53.4 cm³/mol. The first-order valence-electron chi connectivity index (χ1n) is 3.07. The van der Waals surface area contributed by atoms with Gasteiger partial charge in [-0.3, -0.25) is 4.79 Å². The van der Waals surface area contributed by atoms with Crippen molar-refractivity contribution in [1.82, 2.24) is 0 Å². The van der Waals surface area contributed by atoms with E-state index in [0.29, 0.717) is 27.7 Å². The SMILES string of the molecule is Nc1c(Br)ccc(C=O)c1N=S. The van der Waals surface area contributed by atoms with Gasteiger partial charge in [0.15, 0.2) is 6.29 Å². The lowest BCUT2D eigenvalue weighted by atomic mass is 10.2. The Labute approximate surface area is 83.3 Å². The third-order valence-corrected chi connectivity index (χ3v) is 2.29. The summed E-state index contributed by atoms with van der Waals surface area (Å²) in [5.41, 5.74) is 6.77. The highest BCUT2D eigenvalue weighted by Crippen LogP contribution is 2.32. The summed E-state index contributed by atoms with van der Waals surface area (Å²) in [5, 5.41) is 0. The number of aldehydes is 1. The maximum Gasteiger partial charge on any atom is 0.152 e. The second-order valence-electron chi connectivity index (χ2n) is 2.11. The Morgan fingerprint density at radius 2 is 2.25 bits per heavy atom. The molecule has 0 unspecified atom stereocenters. The minimum Gasteiger partial charge on any atom is -0.396 e. The van der Waals surface area contributed by atoms with E-state index < -0.39 is 0 Å². The average molecular weight is 245 g/mol. The molecule has 5 heteroatoms. The summed E-state index contributed by atoms with van der Waals surface area (Å²) in [6, 6.07) is 3.29. The van der Waals surface area contributed by atoms with Gasteiger partial charge in [-0.1, -0.05) is 0 Å². The summed E-state index contributed by atoms with van der Waals surface area (Å²) in [4.78, 5) is 10.5. The summed E-state index contributed by atoms with van der Waals surface area (Å²) in [6.45, 7) is 0. The fourth-order valence-corrected chi connectivity index (χ4v) is 1.32. The molecule has 0 aromatic heterocycles. The molecule has 3 nitrogen and oxygen atoms in total. The number of carbonyl (C=O) groups is 1. The normalized spacial score (nSPS) is 9.42. The molecule has 0 fully saturated rings. The van der Waals surface area contributed by atoms with Gasteiger partial charge in [-0.15, -0.1) is 0 Å². The average Bonchev–Trinajstić information content (AvgIpc) is 2.09. The third kappa shape index (κ3) is 1.51. The van der Waals surface area contributed by atoms with E-state index in [1.807, 2.05) is 0 Å². The first-order valence-corrected chi connectivity index (χ1v) is 4.23. The van der Waals surface area contributed by atoms with Crippen LogP contribution in [0.15, 0.2) is 21.0 Å². The van der Waals surface area contributed by atoms with Crippen LogP contribution in [0.1, 0.15) is 10.4 Å². The van der Waals surface area contributed by atoms with E-state index >= 15 is 0 Å². The van der Waals surface area contributed by atoms with Crippen LogP contribution < -0.4 is 5.73 Å². The molecule has 2 N–H and O–H groups in total. The van der Waals surface area contributed by atoms with Crippen molar-refractivity contribution in [2.45, 2.75) is 0 Å². The second kappa shape index (κ2) is 3.73. The van der Waals surface area contributed by atoms with Crippen LogP contribution in [0.4, 0.5) is 11.4 Å². The summed E-state index contributed by atoms with van der Waals surface area (Å²) < 4.78 is 4.19. The van der Waals surface area contributed by atoms with Crippen LogP contribution in [-0.2, 0) is 12.4 Å². The van der Waals surface area contributed by atoms with Crippen molar-refractivity contribution >= 4 is 46.0 Å². The molecule has 1 aromatic rings. The van der Waals surface area contributed by atoms with Crippen molar-refractivity contribution in [1.29, 1.82) is 0 Å². The van der Waals surface area contributed by atoms with E-state index in [4.69, 9.17) is 5.73 Å². The van der Waals surface area contributed by atoms with Crippen LogP contribution >= 0.6 is 15.9 Å². The van der Waals surface area contributed by atoms with Gasteiger partial charge < -0.3 is 5.73 Å². The number of carbonyl (C=O) groups excluding carboxylic acids is 1. The van der Waals surface area contributed by atoms with Gasteiger partial charge >= 0.3 is 0 Å². The van der Waals surface area contributed by atoms with Crippen LogP contribution in [0.2, 0.25) is 0 Å². The summed E-state index contributed by atoms with van der Waals surface area (Å²) >= 11 is 7.69. The summed E-state index contributed by atoms with van der Waals surface area (Å²) in [5.74, 6) is 0. The predicted octanol–water partition coefficient (Wildman–Crippen LogP) is 2.21. The van der Waals surface area contributed by atoms with Gasteiger partial charge in [-0.25, -0.2) is 0 Å². The third-order valence-electron chi connectivity index (χ3n) is 1.41. The Bertz CT molecular complexity index is 340. The van der Waals surface area contributed by atoms with E-state index in [9.17, 15) is 4.79 Å². The van der Waals surface area contributed by atoms with Crippen molar-refractivity contribution < 1.29 is 4.79 Å². The van der Waals surface area contributed by atoms with E-state index in [1.165, 1.54) is 0 Å². The molecule has 1 rings (SSSR count). The largest absolute Gasteiger partial charge is 0.396 e. The molecule has 0 amide bonds. The number of nitrogens with two attached hydrogens (primary N) is 1. The Morgan fingerprint density at radius 3 is 2.75 bits per heavy atom. The molecule has 0 heterocycles. The number of hydrogen-bond acceptors (Lipinski definition) is 4. The standard InChI is InChI=1S/C7H5BrN2OS/c8-5-2-1-4(3-11)7(10-12)6(5)9/h1-3H,9H2. The molecule has 0 aliphatic rings. The number of nitrogens with zero attached hydrogens (tertiary/aromatic N) is 1. The Morgan fingerprint density at radius 1 is 1.58 bits per heavy atom. The van der Waals surface area contributed by atoms with Crippen molar-refractivity contribution in [3.63, 3.8) is 0 Å². The fourth-order valence-electron chi connectivity index (χ4n) is 0.797. The number of nitrogen functional groups attached to an aromatic ring is 1. The van der Waals surface area contributed by atoms with Crippen molar-refractivity contribution in [3.05, 3.63) is 22.2 Å². The van der Waals surface area contributed by atoms with Gasteiger partial charge in [-0.2, -0.15) is 4.36 Å². The first kappa shape index (κ1) is 9.28. The zero-order chi connectivity index (χ0) is 9.14. The molecule has 0 saturated carbocycles. The molecule has 0 aliphatic carbocycles. The minimum absolute atomic E-state index is 0.356. The highest BCUT2D eigenvalue weighted by Gasteiger charge is 2.07. The zero-order valence-corrected chi connectivity index (χ0v) is 8.35. The van der Waals surface area contributed by atoms with E-state index in [-0.39, 0.29) is 0 Å². The highest BCUT2D eigenvalue weighted by atomic mass is 79.9. The number of benzene rings is 1. The lowest BCUT2D eigenvalue weighted by molar-refractivity contribution is 0.112. The smallest absolute Gasteiger partial charge is 0.152 e. The molecule has 62 valence electrons. The number of halogens is 1. The van der Waals surface area contributed by atoms with Crippen LogP contribution in [-0.4, -0.2) is 6.29 Å². The monoisotopic (exact) mass is 244 g/mol. The lowest BCUT2D eigenvalue weighted by Gasteiger charge is -2.02. The summed E-state index contributed by atoms with van der Waals surface area (Å²) in [6.07, 6.45) is 0.675. The van der Waals surface area contributed by atoms with Crippen LogP contribution in [0.25, 0.3) is 0 Å². The maximum atomic E-state index is 10.5. The highest BCUT2D eigenvalue weighted by molar-refractivity contribution is 9.10.